The van der Waals surface area contributed by atoms with Crippen LogP contribution in [-0.2, 0) is 19.1 Å². The van der Waals surface area contributed by atoms with Crippen molar-refractivity contribution in [3.05, 3.63) is 48.6 Å². The predicted molar refractivity (Wildman–Crippen MR) is 179 cm³/mol. The molecule has 0 aromatic rings. The number of aliphatic hydroxyl groups excluding tert-OH is 2. The van der Waals surface area contributed by atoms with E-state index in [0.29, 0.717) is 19.3 Å². The lowest BCUT2D eigenvalue weighted by Gasteiger charge is -2.16. The molecular formula is C37H64O6. The van der Waals surface area contributed by atoms with Crippen molar-refractivity contribution in [1.82, 2.24) is 0 Å². The van der Waals surface area contributed by atoms with Gasteiger partial charge in [0.1, 0.15) is 6.61 Å². The van der Waals surface area contributed by atoms with E-state index < -0.39 is 24.8 Å². The highest BCUT2D eigenvalue weighted by molar-refractivity contribution is 5.70. The lowest BCUT2D eigenvalue weighted by atomic mass is 10.1. The lowest BCUT2D eigenvalue weighted by molar-refractivity contribution is -0.161. The molecule has 0 aliphatic heterocycles. The number of unbranched alkanes of at least 4 members (excludes halogenated alkanes) is 13. The number of carbonyl (C=O) groups is 2. The Labute approximate surface area is 263 Å². The summed E-state index contributed by atoms with van der Waals surface area (Å²) >= 11 is 0. The molecule has 2 atom stereocenters. The van der Waals surface area contributed by atoms with Crippen LogP contribution in [0.2, 0.25) is 0 Å². The highest BCUT2D eigenvalue weighted by atomic mass is 16.6. The summed E-state index contributed by atoms with van der Waals surface area (Å²) in [6.07, 6.45) is 36.2. The fourth-order valence-electron chi connectivity index (χ4n) is 4.54. The average Bonchev–Trinajstić information content (AvgIpc) is 3.00. The SMILES string of the molecule is CCCCC/C=C\C/C=C\C/C=C\C=C\[C@H](O)CCCC(=O)O[C@@H](CO)COC(=O)CCCCCCCCCCCCC. The number of hydrogen-bond acceptors (Lipinski definition) is 6. The zero-order valence-electron chi connectivity index (χ0n) is 27.6. The minimum absolute atomic E-state index is 0.127. The van der Waals surface area contributed by atoms with Crippen molar-refractivity contribution < 1.29 is 29.3 Å². The van der Waals surface area contributed by atoms with Gasteiger partial charge in [0.15, 0.2) is 6.10 Å². The van der Waals surface area contributed by atoms with Crippen LogP contribution in [0, 0.1) is 0 Å². The molecule has 0 rings (SSSR count). The molecule has 0 aromatic heterocycles. The van der Waals surface area contributed by atoms with Crippen LogP contribution in [0.1, 0.15) is 149 Å². The third kappa shape index (κ3) is 31.1. The quantitative estimate of drug-likeness (QED) is 0.0367. The highest BCUT2D eigenvalue weighted by Crippen LogP contribution is 2.12. The van der Waals surface area contributed by atoms with Crippen LogP contribution >= 0.6 is 0 Å². The molecule has 6 nitrogen and oxygen atoms in total. The molecule has 0 aliphatic carbocycles. The molecule has 0 fully saturated rings. The van der Waals surface area contributed by atoms with Gasteiger partial charge < -0.3 is 19.7 Å². The molecule has 0 amide bonds. The number of aliphatic hydroxyl groups is 2. The van der Waals surface area contributed by atoms with E-state index in [1.807, 2.05) is 18.2 Å². The van der Waals surface area contributed by atoms with E-state index in [0.717, 1.165) is 38.5 Å². The van der Waals surface area contributed by atoms with Gasteiger partial charge in [0.2, 0.25) is 0 Å². The van der Waals surface area contributed by atoms with Gasteiger partial charge in [0, 0.05) is 12.8 Å². The lowest BCUT2D eigenvalue weighted by Crippen LogP contribution is -2.28. The van der Waals surface area contributed by atoms with Crippen LogP contribution in [0.4, 0.5) is 0 Å². The van der Waals surface area contributed by atoms with E-state index in [2.05, 4.69) is 38.2 Å². The van der Waals surface area contributed by atoms with Crippen molar-refractivity contribution in [2.45, 2.75) is 161 Å². The first-order valence-electron chi connectivity index (χ1n) is 17.3. The van der Waals surface area contributed by atoms with E-state index in [1.54, 1.807) is 6.08 Å². The molecule has 248 valence electrons. The zero-order chi connectivity index (χ0) is 31.6. The Morgan fingerprint density at radius 3 is 1.86 bits per heavy atom. The molecule has 0 bridgehead atoms. The number of esters is 2. The minimum atomic E-state index is -0.861. The number of carbonyl (C=O) groups excluding carboxylic acids is 2. The van der Waals surface area contributed by atoms with Crippen molar-refractivity contribution in [1.29, 1.82) is 0 Å². The molecule has 0 saturated heterocycles. The summed E-state index contributed by atoms with van der Waals surface area (Å²) < 4.78 is 10.4. The molecule has 2 N–H and O–H groups in total. The van der Waals surface area contributed by atoms with E-state index in [1.165, 1.54) is 70.6 Å². The fraction of sp³-hybridized carbons (Fsp3) is 0.730. The standard InChI is InChI=1S/C37H64O6/c1-3-5-7-9-11-13-15-16-18-19-21-23-25-28-34(39)29-27-31-37(41)43-35(32-38)33-42-36(40)30-26-24-22-20-17-14-12-10-8-6-4-2/h11,13,16,18,21,23,25,28,34-35,38-39H,3-10,12,14-15,17,19-20,22,24,26-27,29-33H2,1-2H3/b13-11-,18-16-,23-21-,28-25+/t34-,35-/m0/s1. The second-order valence-corrected chi connectivity index (χ2v) is 11.4. The number of rotatable bonds is 30. The Morgan fingerprint density at radius 1 is 0.651 bits per heavy atom. The minimum Gasteiger partial charge on any atom is -0.462 e. The fourth-order valence-corrected chi connectivity index (χ4v) is 4.54. The van der Waals surface area contributed by atoms with Crippen LogP contribution in [-0.4, -0.2) is 47.6 Å². The van der Waals surface area contributed by atoms with Crippen LogP contribution in [0.5, 0.6) is 0 Å². The van der Waals surface area contributed by atoms with Gasteiger partial charge in [-0.3, -0.25) is 9.59 Å². The smallest absolute Gasteiger partial charge is 0.306 e. The second kappa shape index (κ2) is 32.7. The zero-order valence-corrected chi connectivity index (χ0v) is 27.6. The Hall–Kier alpha value is -2.18. The van der Waals surface area contributed by atoms with Gasteiger partial charge in [-0.25, -0.2) is 0 Å². The largest absolute Gasteiger partial charge is 0.462 e. The molecule has 0 saturated carbocycles. The Kier molecular flexibility index (Phi) is 31.1. The van der Waals surface area contributed by atoms with Gasteiger partial charge in [-0.05, 0) is 44.9 Å². The third-order valence-corrected chi connectivity index (χ3v) is 7.23. The van der Waals surface area contributed by atoms with Gasteiger partial charge in [0.05, 0.1) is 12.7 Å². The van der Waals surface area contributed by atoms with Crippen molar-refractivity contribution in [2.24, 2.45) is 0 Å². The predicted octanol–water partition coefficient (Wildman–Crippen LogP) is 9.25. The molecule has 0 aromatic carbocycles. The van der Waals surface area contributed by atoms with Gasteiger partial charge in [0.25, 0.3) is 0 Å². The summed E-state index contributed by atoms with van der Waals surface area (Å²) in [5.41, 5.74) is 0. The van der Waals surface area contributed by atoms with Crippen molar-refractivity contribution in [3.63, 3.8) is 0 Å². The topological polar surface area (TPSA) is 93.1 Å². The van der Waals surface area contributed by atoms with Gasteiger partial charge >= 0.3 is 11.9 Å². The summed E-state index contributed by atoms with van der Waals surface area (Å²) in [6.45, 7) is 3.91. The highest BCUT2D eigenvalue weighted by Gasteiger charge is 2.16. The maximum absolute atomic E-state index is 12.1. The van der Waals surface area contributed by atoms with E-state index >= 15 is 0 Å². The summed E-state index contributed by atoms with van der Waals surface area (Å²) in [5.74, 6) is -0.796. The maximum atomic E-state index is 12.1. The Bertz CT molecular complexity index is 754. The summed E-state index contributed by atoms with van der Waals surface area (Å²) in [6, 6.07) is 0. The molecule has 0 radical (unpaired) electrons. The first-order valence-corrected chi connectivity index (χ1v) is 17.3. The van der Waals surface area contributed by atoms with Crippen LogP contribution < -0.4 is 0 Å². The first kappa shape index (κ1) is 40.8. The number of ether oxygens (including phenoxy) is 2. The third-order valence-electron chi connectivity index (χ3n) is 7.23. The normalized spacial score (nSPS) is 13.5. The van der Waals surface area contributed by atoms with Crippen LogP contribution in [0.15, 0.2) is 48.6 Å². The summed E-state index contributed by atoms with van der Waals surface area (Å²) in [7, 11) is 0. The Morgan fingerprint density at radius 2 is 1.21 bits per heavy atom. The average molecular weight is 605 g/mol. The number of allylic oxidation sites excluding steroid dienone is 7. The van der Waals surface area contributed by atoms with E-state index in [-0.39, 0.29) is 19.0 Å². The number of hydrogen-bond donors (Lipinski definition) is 2. The van der Waals surface area contributed by atoms with Crippen LogP contribution in [0.3, 0.4) is 0 Å². The second-order valence-electron chi connectivity index (χ2n) is 11.4. The molecule has 0 heterocycles. The van der Waals surface area contributed by atoms with Gasteiger partial charge in [-0.2, -0.15) is 0 Å². The maximum Gasteiger partial charge on any atom is 0.306 e. The molecule has 43 heavy (non-hydrogen) atoms. The molecule has 0 unspecified atom stereocenters. The molecule has 0 aliphatic rings. The molecule has 6 heteroatoms. The molecule has 0 spiro atoms. The van der Waals surface area contributed by atoms with E-state index in [9.17, 15) is 19.8 Å². The molecular weight excluding hydrogens is 540 g/mol. The van der Waals surface area contributed by atoms with Crippen molar-refractivity contribution in [3.8, 4) is 0 Å². The van der Waals surface area contributed by atoms with Gasteiger partial charge in [-0.15, -0.1) is 0 Å². The van der Waals surface area contributed by atoms with Gasteiger partial charge in [-0.1, -0.05) is 140 Å². The van der Waals surface area contributed by atoms with E-state index in [4.69, 9.17) is 9.47 Å². The van der Waals surface area contributed by atoms with Crippen molar-refractivity contribution in [2.75, 3.05) is 13.2 Å². The first-order chi connectivity index (χ1) is 21.0. The van der Waals surface area contributed by atoms with Crippen LogP contribution in [0.25, 0.3) is 0 Å². The monoisotopic (exact) mass is 604 g/mol. The Balaban J connectivity index is 3.83. The van der Waals surface area contributed by atoms with Crippen molar-refractivity contribution >= 4 is 11.9 Å². The summed E-state index contributed by atoms with van der Waals surface area (Å²) in [5, 5.41) is 19.6. The summed E-state index contributed by atoms with van der Waals surface area (Å²) in [4.78, 5) is 24.1.